The minimum atomic E-state index is -0.0249. The van der Waals surface area contributed by atoms with Crippen LogP contribution in [0.15, 0.2) is 56.1 Å². The van der Waals surface area contributed by atoms with Crippen molar-refractivity contribution < 1.29 is 9.59 Å². The van der Waals surface area contributed by atoms with Crippen LogP contribution in [-0.4, -0.2) is 24.9 Å². The zero-order chi connectivity index (χ0) is 51.2. The van der Waals surface area contributed by atoms with Crippen molar-refractivity contribution in [3.63, 3.8) is 0 Å². The van der Waals surface area contributed by atoms with Crippen LogP contribution in [0, 0.1) is 11.8 Å². The molecule has 72 heavy (non-hydrogen) atoms. The highest BCUT2D eigenvalue weighted by Crippen LogP contribution is 2.50. The Labute approximate surface area is 463 Å². The number of thiophene rings is 2. The Balaban J connectivity index is 1.28. The number of unbranched alkanes of at least 4 members (excludes halogenated alkanes) is 20. The number of anilines is 2. The molecule has 0 bridgehead atoms. The smallest absolute Gasteiger partial charge is 0.259 e. The van der Waals surface area contributed by atoms with Gasteiger partial charge in [0.1, 0.15) is 0 Å². The minimum absolute atomic E-state index is 0.0249. The molecule has 0 saturated carbocycles. The van der Waals surface area contributed by atoms with E-state index in [1.807, 2.05) is 0 Å². The summed E-state index contributed by atoms with van der Waals surface area (Å²) in [5, 5.41) is 0. The summed E-state index contributed by atoms with van der Waals surface area (Å²) >= 11 is 11.5. The number of halogens is 2. The van der Waals surface area contributed by atoms with E-state index in [1.165, 1.54) is 157 Å². The van der Waals surface area contributed by atoms with Crippen LogP contribution in [0.5, 0.6) is 0 Å². The van der Waals surface area contributed by atoms with E-state index >= 15 is 9.59 Å². The van der Waals surface area contributed by atoms with Crippen LogP contribution < -0.4 is 9.80 Å². The van der Waals surface area contributed by atoms with E-state index in [0.29, 0.717) is 36.1 Å². The van der Waals surface area contributed by atoms with Gasteiger partial charge in [0.15, 0.2) is 0 Å². The second-order valence-electron chi connectivity index (χ2n) is 21.6. The number of hydrogen-bond donors (Lipinski definition) is 0. The Bertz CT molecular complexity index is 2170. The second-order valence-corrected chi connectivity index (χ2v) is 26.3. The number of nitrogens with zero attached hydrogens (tertiary/aromatic N) is 2. The summed E-state index contributed by atoms with van der Waals surface area (Å²) in [7, 11) is 0. The van der Waals surface area contributed by atoms with Crippen LogP contribution in [-0.2, 0) is 22.4 Å². The van der Waals surface area contributed by atoms with E-state index in [2.05, 4.69) is 132 Å². The van der Waals surface area contributed by atoms with Crippen molar-refractivity contribution in [1.82, 2.24) is 0 Å². The highest BCUT2D eigenvalue weighted by Gasteiger charge is 2.43. The van der Waals surface area contributed by atoms with Crippen molar-refractivity contribution in [2.45, 2.75) is 234 Å². The Morgan fingerprint density at radius 1 is 0.431 bits per heavy atom. The largest absolute Gasteiger partial charge is 0.307 e. The molecule has 8 heteroatoms. The molecule has 4 heterocycles. The molecule has 4 aromatic rings. The SMILES string of the molecule is CCCCCCCCCCCCc1cc(-c2ccc3c(c2)N(CC(CC)CCCC)C(=O)/C3=C2/C(=O)N(CC(CC)CCCC)c3cc(-c4cc(CCCCCCCCCCCC)c(Br)s4)ccc32)sc1Br. The minimum Gasteiger partial charge on any atom is -0.307 e. The number of rotatable bonds is 36. The fraction of sp³-hybridized carbons (Fsp3) is 0.625. The van der Waals surface area contributed by atoms with Gasteiger partial charge in [0.05, 0.1) is 30.1 Å². The number of fused-ring (bicyclic) bond motifs is 2. The van der Waals surface area contributed by atoms with Crippen LogP contribution in [0.25, 0.3) is 32.0 Å². The van der Waals surface area contributed by atoms with Crippen LogP contribution in [0.3, 0.4) is 0 Å². The number of amides is 2. The maximum absolute atomic E-state index is 15.4. The molecule has 0 N–H and O–H groups in total. The predicted molar refractivity (Wildman–Crippen MR) is 324 cm³/mol. The van der Waals surface area contributed by atoms with Gasteiger partial charge in [0.2, 0.25) is 0 Å². The fourth-order valence-corrected chi connectivity index (χ4v) is 14.7. The van der Waals surface area contributed by atoms with Crippen LogP contribution in [0.4, 0.5) is 11.4 Å². The van der Waals surface area contributed by atoms with Gasteiger partial charge >= 0.3 is 0 Å². The molecule has 6 rings (SSSR count). The van der Waals surface area contributed by atoms with Gasteiger partial charge < -0.3 is 9.80 Å². The van der Waals surface area contributed by atoms with E-state index in [1.54, 1.807) is 22.7 Å². The molecule has 396 valence electrons. The first-order valence-electron chi connectivity index (χ1n) is 29.4. The molecule has 2 unspecified atom stereocenters. The van der Waals surface area contributed by atoms with E-state index in [0.717, 1.165) is 97.8 Å². The normalized spacial score (nSPS) is 15.3. The van der Waals surface area contributed by atoms with Gasteiger partial charge in [-0.15, -0.1) is 22.7 Å². The highest BCUT2D eigenvalue weighted by molar-refractivity contribution is 9.11. The zero-order valence-corrected chi connectivity index (χ0v) is 50.5. The van der Waals surface area contributed by atoms with Gasteiger partial charge in [0, 0.05) is 34.0 Å². The van der Waals surface area contributed by atoms with E-state index in [-0.39, 0.29) is 11.8 Å². The lowest BCUT2D eigenvalue weighted by atomic mass is 9.94. The first-order valence-corrected chi connectivity index (χ1v) is 32.6. The summed E-state index contributed by atoms with van der Waals surface area (Å²) in [6.07, 6.45) is 37.7. The summed E-state index contributed by atoms with van der Waals surface area (Å²) < 4.78 is 2.43. The fourth-order valence-electron chi connectivity index (χ4n) is 11.2. The Kier molecular flexibility index (Phi) is 25.7. The maximum Gasteiger partial charge on any atom is 0.259 e. The molecule has 2 aliphatic heterocycles. The van der Waals surface area contributed by atoms with Gasteiger partial charge in [-0.3, -0.25) is 9.59 Å². The lowest BCUT2D eigenvalue weighted by Crippen LogP contribution is -2.34. The van der Waals surface area contributed by atoms with Gasteiger partial charge in [-0.25, -0.2) is 0 Å². The van der Waals surface area contributed by atoms with Gasteiger partial charge in [-0.1, -0.05) is 220 Å². The lowest BCUT2D eigenvalue weighted by Gasteiger charge is -2.24. The average Bonchev–Trinajstić information content (AvgIpc) is 4.11. The van der Waals surface area contributed by atoms with Crippen molar-refractivity contribution in [3.05, 3.63) is 78.4 Å². The van der Waals surface area contributed by atoms with Crippen molar-refractivity contribution >= 4 is 88.9 Å². The van der Waals surface area contributed by atoms with Crippen LogP contribution in [0.2, 0.25) is 0 Å². The van der Waals surface area contributed by atoms with Gasteiger partial charge in [-0.05, 0) is 129 Å². The molecule has 0 fully saturated rings. The molecule has 4 nitrogen and oxygen atoms in total. The topological polar surface area (TPSA) is 40.6 Å². The average molecular weight is 1150 g/mol. The summed E-state index contributed by atoms with van der Waals surface area (Å²) in [4.78, 5) is 37.3. The molecule has 2 aliphatic rings. The first kappa shape index (κ1) is 58.7. The number of hydrogen-bond acceptors (Lipinski definition) is 4. The summed E-state index contributed by atoms with van der Waals surface area (Å²) in [6, 6.07) is 18.0. The molecule has 2 aromatic carbocycles. The Hall–Kier alpha value is -2.52. The quantitative estimate of drug-likeness (QED) is 0.0336. The van der Waals surface area contributed by atoms with Crippen molar-refractivity contribution in [1.29, 1.82) is 0 Å². The van der Waals surface area contributed by atoms with E-state index in [4.69, 9.17) is 0 Å². The summed E-state index contributed by atoms with van der Waals surface area (Å²) in [6.45, 7) is 14.9. The van der Waals surface area contributed by atoms with Crippen molar-refractivity contribution in [2.75, 3.05) is 22.9 Å². The number of benzene rings is 2. The number of carbonyl (C=O) groups excluding carboxylic acids is 2. The van der Waals surface area contributed by atoms with E-state index in [9.17, 15) is 0 Å². The molecule has 0 saturated heterocycles. The Morgan fingerprint density at radius 3 is 1.10 bits per heavy atom. The van der Waals surface area contributed by atoms with Gasteiger partial charge in [0.25, 0.3) is 11.8 Å². The van der Waals surface area contributed by atoms with Crippen molar-refractivity contribution in [2.24, 2.45) is 11.8 Å². The molecule has 0 aliphatic carbocycles. The monoisotopic (exact) mass is 1140 g/mol. The summed E-state index contributed by atoms with van der Waals surface area (Å²) in [5.74, 6) is 0.715. The number of aryl methyl sites for hydroxylation is 2. The second kappa shape index (κ2) is 31.5. The first-order chi connectivity index (χ1) is 35.2. The lowest BCUT2D eigenvalue weighted by molar-refractivity contribution is -0.114. The van der Waals surface area contributed by atoms with Crippen molar-refractivity contribution in [3.8, 4) is 20.9 Å². The van der Waals surface area contributed by atoms with Gasteiger partial charge in [-0.2, -0.15) is 0 Å². The standard InChI is InChI=1S/C64H92Br2N2O2S2/c1-7-13-17-19-21-23-25-27-29-31-35-51-43-57(71-61(51)65)49-37-39-53-55(41-49)67(45-47(11-5)33-15-9-3)63(69)59(53)60-54-40-38-50(42-56(54)68(64(60)70)46-48(12-6)34-16-10-4)58-44-52(62(66)72-58)36-32-30-28-26-24-22-20-18-14-8-2/h37-44,47-48H,7-36,45-46H2,1-6H3/b60-59+. The molecule has 2 atom stereocenters. The zero-order valence-electron chi connectivity index (χ0n) is 45.7. The van der Waals surface area contributed by atoms with E-state index < -0.39 is 0 Å². The third kappa shape index (κ3) is 16.2. The molecule has 0 spiro atoms. The van der Waals surface area contributed by atoms with Crippen LogP contribution in [0.1, 0.15) is 244 Å². The molecule has 2 amide bonds. The molecular formula is C64H92Br2N2O2S2. The third-order valence-corrected chi connectivity index (χ3v) is 20.0. The Morgan fingerprint density at radius 2 is 0.764 bits per heavy atom. The molecule has 0 radical (unpaired) electrons. The summed E-state index contributed by atoms with van der Waals surface area (Å²) in [5.41, 5.74) is 9.90. The van der Waals surface area contributed by atoms with Crippen LogP contribution >= 0.6 is 54.5 Å². The third-order valence-electron chi connectivity index (χ3n) is 15.9. The molecule has 2 aromatic heterocycles. The molecular weight excluding hydrogens is 1050 g/mol. The predicted octanol–water partition coefficient (Wildman–Crippen LogP) is 21.6. The highest BCUT2D eigenvalue weighted by atomic mass is 79.9. The maximum atomic E-state index is 15.4. The number of carbonyl (C=O) groups is 2.